The molecule has 1 N–H and O–H groups in total. The van der Waals surface area contributed by atoms with Crippen LogP contribution in [0.4, 0.5) is 0 Å². The summed E-state index contributed by atoms with van der Waals surface area (Å²) in [4.78, 5) is 25.7. The molecule has 0 spiro atoms. The van der Waals surface area contributed by atoms with Gasteiger partial charge in [0.1, 0.15) is 5.41 Å². The van der Waals surface area contributed by atoms with Crippen molar-refractivity contribution in [2.45, 2.75) is 45.7 Å². The Morgan fingerprint density at radius 2 is 1.75 bits per heavy atom. The standard InChI is InChI=1S/C16H21NO3/c1-15(2,3)17(11-12-7-5-4-6-8-12)13(18)16(9-10-16)14(19)20/h4-8H,9-11H2,1-3H3,(H,19,20). The zero-order chi connectivity index (χ0) is 15.0. The van der Waals surface area contributed by atoms with Gasteiger partial charge in [-0.15, -0.1) is 0 Å². The van der Waals surface area contributed by atoms with Crippen molar-refractivity contribution in [2.24, 2.45) is 5.41 Å². The molecule has 0 heterocycles. The summed E-state index contributed by atoms with van der Waals surface area (Å²) in [5.41, 5.74) is -0.572. The number of rotatable bonds is 4. The number of amides is 1. The smallest absolute Gasteiger partial charge is 0.319 e. The van der Waals surface area contributed by atoms with E-state index in [0.717, 1.165) is 5.56 Å². The van der Waals surface area contributed by atoms with Crippen molar-refractivity contribution >= 4 is 11.9 Å². The SMILES string of the molecule is CC(C)(C)N(Cc1ccccc1)C(=O)C1(C(=O)O)CC1. The first kappa shape index (κ1) is 14.6. The van der Waals surface area contributed by atoms with Crippen LogP contribution in [-0.4, -0.2) is 27.4 Å². The number of hydrogen-bond acceptors (Lipinski definition) is 2. The van der Waals surface area contributed by atoms with Crippen molar-refractivity contribution in [3.63, 3.8) is 0 Å². The molecule has 1 aromatic rings. The van der Waals surface area contributed by atoms with E-state index in [-0.39, 0.29) is 5.91 Å². The van der Waals surface area contributed by atoms with Gasteiger partial charge in [-0.2, -0.15) is 0 Å². The van der Waals surface area contributed by atoms with Gasteiger partial charge in [0, 0.05) is 12.1 Å². The van der Waals surface area contributed by atoms with Gasteiger partial charge in [-0.25, -0.2) is 0 Å². The van der Waals surface area contributed by atoms with Gasteiger partial charge in [0.2, 0.25) is 5.91 Å². The normalized spacial score (nSPS) is 16.6. The number of nitrogens with zero attached hydrogens (tertiary/aromatic N) is 1. The van der Waals surface area contributed by atoms with Gasteiger partial charge in [-0.3, -0.25) is 9.59 Å². The van der Waals surface area contributed by atoms with Crippen LogP contribution in [0.15, 0.2) is 30.3 Å². The minimum Gasteiger partial charge on any atom is -0.480 e. The molecule has 0 bridgehead atoms. The zero-order valence-corrected chi connectivity index (χ0v) is 12.2. The highest BCUT2D eigenvalue weighted by atomic mass is 16.4. The summed E-state index contributed by atoms with van der Waals surface area (Å²) in [7, 11) is 0. The molecule has 1 aromatic carbocycles. The third kappa shape index (κ3) is 2.69. The molecular weight excluding hydrogens is 254 g/mol. The second-order valence-electron chi connectivity index (χ2n) is 6.43. The largest absolute Gasteiger partial charge is 0.480 e. The fourth-order valence-electron chi connectivity index (χ4n) is 2.28. The Balaban J connectivity index is 2.26. The maximum absolute atomic E-state index is 12.7. The monoisotopic (exact) mass is 275 g/mol. The van der Waals surface area contributed by atoms with Crippen molar-refractivity contribution in [2.75, 3.05) is 0 Å². The molecule has 1 fully saturated rings. The Morgan fingerprint density at radius 3 is 2.15 bits per heavy atom. The van der Waals surface area contributed by atoms with Crippen LogP contribution in [0.1, 0.15) is 39.2 Å². The summed E-state index contributed by atoms with van der Waals surface area (Å²) in [6.07, 6.45) is 0.894. The minimum absolute atomic E-state index is 0.263. The van der Waals surface area contributed by atoms with E-state index >= 15 is 0 Å². The topological polar surface area (TPSA) is 57.6 Å². The second-order valence-corrected chi connectivity index (χ2v) is 6.43. The van der Waals surface area contributed by atoms with Gasteiger partial charge in [0.25, 0.3) is 0 Å². The molecule has 108 valence electrons. The summed E-state index contributed by atoms with van der Waals surface area (Å²) in [6.45, 7) is 6.25. The average Bonchev–Trinajstić information content (AvgIpc) is 3.16. The second kappa shape index (κ2) is 4.93. The Labute approximate surface area is 119 Å². The molecular formula is C16H21NO3. The molecule has 1 amide bonds. The summed E-state index contributed by atoms with van der Waals surface area (Å²) in [6, 6.07) is 9.67. The highest BCUT2D eigenvalue weighted by Gasteiger charge is 2.59. The average molecular weight is 275 g/mol. The number of hydrogen-bond donors (Lipinski definition) is 1. The lowest BCUT2D eigenvalue weighted by Crippen LogP contribution is -2.50. The molecule has 1 aliphatic carbocycles. The molecule has 1 saturated carbocycles. The summed E-state index contributed by atoms with van der Waals surface area (Å²) in [5.74, 6) is -1.26. The van der Waals surface area contributed by atoms with Crippen LogP contribution in [0.25, 0.3) is 0 Å². The molecule has 1 aliphatic rings. The van der Waals surface area contributed by atoms with E-state index in [0.29, 0.717) is 19.4 Å². The summed E-state index contributed by atoms with van der Waals surface area (Å²) >= 11 is 0. The van der Waals surface area contributed by atoms with Crippen LogP contribution in [0, 0.1) is 5.41 Å². The molecule has 0 radical (unpaired) electrons. The predicted octanol–water partition coefficient (Wildman–Crippen LogP) is 2.68. The third-order valence-electron chi connectivity index (χ3n) is 3.81. The number of benzene rings is 1. The van der Waals surface area contributed by atoms with Gasteiger partial charge in [0.05, 0.1) is 0 Å². The van der Waals surface area contributed by atoms with Crippen molar-refractivity contribution in [3.8, 4) is 0 Å². The first-order chi connectivity index (χ1) is 9.27. The van der Waals surface area contributed by atoms with Gasteiger partial charge in [-0.1, -0.05) is 30.3 Å². The number of carbonyl (C=O) groups excluding carboxylic acids is 1. The van der Waals surface area contributed by atoms with Crippen LogP contribution in [0.5, 0.6) is 0 Å². The number of carboxylic acids is 1. The Morgan fingerprint density at radius 1 is 1.20 bits per heavy atom. The minimum atomic E-state index is -1.18. The molecule has 0 unspecified atom stereocenters. The van der Waals surface area contributed by atoms with Crippen LogP contribution < -0.4 is 0 Å². The first-order valence-corrected chi connectivity index (χ1v) is 6.87. The van der Waals surface area contributed by atoms with Crippen molar-refractivity contribution < 1.29 is 14.7 Å². The predicted molar refractivity (Wildman–Crippen MR) is 76.0 cm³/mol. The Kier molecular flexibility index (Phi) is 3.59. The van der Waals surface area contributed by atoms with Gasteiger partial charge >= 0.3 is 5.97 Å². The number of carboxylic acid groups (broad SMARTS) is 1. The summed E-state index contributed by atoms with van der Waals surface area (Å²) < 4.78 is 0. The first-order valence-electron chi connectivity index (χ1n) is 6.87. The highest BCUT2D eigenvalue weighted by molar-refractivity contribution is 6.05. The molecule has 4 nitrogen and oxygen atoms in total. The molecule has 0 aromatic heterocycles. The van der Waals surface area contributed by atoms with E-state index in [4.69, 9.17) is 0 Å². The van der Waals surface area contributed by atoms with Crippen molar-refractivity contribution in [1.29, 1.82) is 0 Å². The number of carbonyl (C=O) groups is 2. The van der Waals surface area contributed by atoms with E-state index < -0.39 is 16.9 Å². The lowest BCUT2D eigenvalue weighted by atomic mass is 9.98. The Hall–Kier alpha value is -1.84. The van der Waals surface area contributed by atoms with Crippen molar-refractivity contribution in [3.05, 3.63) is 35.9 Å². The molecule has 0 saturated heterocycles. The van der Waals surface area contributed by atoms with E-state index in [9.17, 15) is 14.7 Å². The van der Waals surface area contributed by atoms with Crippen LogP contribution >= 0.6 is 0 Å². The molecule has 4 heteroatoms. The maximum atomic E-state index is 12.7. The van der Waals surface area contributed by atoms with E-state index in [1.54, 1.807) is 4.90 Å². The molecule has 0 aliphatic heterocycles. The zero-order valence-electron chi connectivity index (χ0n) is 12.2. The third-order valence-corrected chi connectivity index (χ3v) is 3.81. The van der Waals surface area contributed by atoms with Crippen LogP contribution in [0.2, 0.25) is 0 Å². The van der Waals surface area contributed by atoms with Gasteiger partial charge < -0.3 is 10.0 Å². The van der Waals surface area contributed by atoms with Crippen LogP contribution in [0.3, 0.4) is 0 Å². The summed E-state index contributed by atoms with van der Waals surface area (Å²) in [5, 5.41) is 9.31. The van der Waals surface area contributed by atoms with Crippen LogP contribution in [-0.2, 0) is 16.1 Å². The highest BCUT2D eigenvalue weighted by Crippen LogP contribution is 2.48. The quantitative estimate of drug-likeness (QED) is 0.859. The van der Waals surface area contributed by atoms with Gasteiger partial charge in [0.15, 0.2) is 0 Å². The molecule has 2 rings (SSSR count). The molecule has 20 heavy (non-hydrogen) atoms. The maximum Gasteiger partial charge on any atom is 0.319 e. The van der Waals surface area contributed by atoms with E-state index in [1.165, 1.54) is 0 Å². The van der Waals surface area contributed by atoms with Gasteiger partial charge in [-0.05, 0) is 39.2 Å². The van der Waals surface area contributed by atoms with E-state index in [2.05, 4.69) is 0 Å². The fraction of sp³-hybridized carbons (Fsp3) is 0.500. The molecule has 0 atom stereocenters. The van der Waals surface area contributed by atoms with E-state index in [1.807, 2.05) is 51.1 Å². The van der Waals surface area contributed by atoms with Crippen molar-refractivity contribution in [1.82, 2.24) is 4.90 Å². The lowest BCUT2D eigenvalue weighted by Gasteiger charge is -2.37. The fourth-order valence-corrected chi connectivity index (χ4v) is 2.28. The Bertz CT molecular complexity index is 512. The number of aliphatic carboxylic acids is 1. The lowest BCUT2D eigenvalue weighted by molar-refractivity contribution is -0.156.